The van der Waals surface area contributed by atoms with E-state index in [-0.39, 0.29) is 29.1 Å². The van der Waals surface area contributed by atoms with Gasteiger partial charge in [0.15, 0.2) is 28.6 Å². The van der Waals surface area contributed by atoms with Gasteiger partial charge in [-0.25, -0.2) is 19.2 Å². The summed E-state index contributed by atoms with van der Waals surface area (Å²) in [6, 6.07) is 0.273. The molecule has 6 N–H and O–H groups in total. The van der Waals surface area contributed by atoms with Crippen molar-refractivity contribution in [3.05, 3.63) is 22.7 Å². The van der Waals surface area contributed by atoms with Gasteiger partial charge in [0.2, 0.25) is 12.0 Å². The van der Waals surface area contributed by atoms with Gasteiger partial charge >= 0.3 is 12.1 Å². The highest BCUT2D eigenvalue weighted by Gasteiger charge is 2.54. The van der Waals surface area contributed by atoms with E-state index in [1.807, 2.05) is 10.9 Å². The summed E-state index contributed by atoms with van der Waals surface area (Å²) in [5.74, 6) is -3.99. The molecule has 1 fully saturated rings. The molecule has 0 spiro atoms. The summed E-state index contributed by atoms with van der Waals surface area (Å²) in [6.45, 7) is 1.75. The summed E-state index contributed by atoms with van der Waals surface area (Å²) >= 11 is 3.13. The van der Waals surface area contributed by atoms with E-state index in [1.54, 1.807) is 6.92 Å². The van der Waals surface area contributed by atoms with Gasteiger partial charge in [-0.2, -0.15) is 0 Å². The first-order valence-electron chi connectivity index (χ1n) is 10.6. The zero-order valence-electron chi connectivity index (χ0n) is 19.3. The number of oxime groups is 1. The Labute approximate surface area is 216 Å². The summed E-state index contributed by atoms with van der Waals surface area (Å²) in [5, 5.41) is 32.4. The van der Waals surface area contributed by atoms with Gasteiger partial charge in [0, 0.05) is 24.4 Å². The number of likely N-dealkylation sites (tertiary alicyclic amines) is 1. The average Bonchev–Trinajstić information content (AvgIpc) is 3.32. The number of carboxylic acid groups (broad SMARTS) is 1. The maximum absolute atomic E-state index is 12.3. The number of halogens is 1. The lowest BCUT2D eigenvalue weighted by molar-refractivity contribution is -0.163. The standard InChI is InChI=1S/C20H23ClN4O11S/c1-8-5-13(27)25(8)16(18(30)31)20(2,37(33)34)7-35-19(32)23-22-17(29)12-6-10(24-36-12)9-3-4-11(26)15(28)14(9)21/h3-4,8,12,16,26,28H,5-7H2,1-2H3,(H,22,29)(H,23,32)(H,30,31)(H,33,34)/t8-,12?,16+,20+/m1/s1. The van der Waals surface area contributed by atoms with Gasteiger partial charge in [0.05, 0.1) is 10.7 Å². The van der Waals surface area contributed by atoms with Gasteiger partial charge < -0.3 is 34.3 Å². The number of β-lactam (4-membered cyclic amide) rings is 1. The van der Waals surface area contributed by atoms with E-state index >= 15 is 0 Å². The number of carboxylic acids is 1. The maximum atomic E-state index is 12.3. The van der Waals surface area contributed by atoms with Gasteiger partial charge in [0.1, 0.15) is 11.4 Å². The minimum Gasteiger partial charge on any atom is -0.504 e. The largest absolute Gasteiger partial charge is 0.504 e. The van der Waals surface area contributed by atoms with Crippen LogP contribution in [0.2, 0.25) is 5.02 Å². The summed E-state index contributed by atoms with van der Waals surface area (Å²) in [6.07, 6.45) is -2.55. The minimum atomic E-state index is -2.84. The number of benzene rings is 1. The lowest BCUT2D eigenvalue weighted by atomic mass is 9.92. The highest BCUT2D eigenvalue weighted by molar-refractivity contribution is 7.80. The first kappa shape index (κ1) is 27.9. The van der Waals surface area contributed by atoms with Crippen LogP contribution in [0.1, 0.15) is 32.3 Å². The van der Waals surface area contributed by atoms with E-state index in [2.05, 4.69) is 5.16 Å². The van der Waals surface area contributed by atoms with E-state index in [1.165, 1.54) is 12.1 Å². The van der Waals surface area contributed by atoms with Crippen LogP contribution in [0.4, 0.5) is 4.79 Å². The maximum Gasteiger partial charge on any atom is 0.426 e. The second kappa shape index (κ2) is 10.8. The number of aromatic hydroxyl groups is 2. The van der Waals surface area contributed by atoms with Crippen LogP contribution in [0, 0.1) is 0 Å². The number of phenols is 2. The molecule has 0 radical (unpaired) electrons. The van der Waals surface area contributed by atoms with Crippen LogP contribution in [0.15, 0.2) is 17.3 Å². The number of nitrogens with zero attached hydrogens (tertiary/aromatic N) is 2. The van der Waals surface area contributed by atoms with E-state index in [0.717, 1.165) is 11.8 Å². The molecule has 0 aliphatic carbocycles. The number of hydrazine groups is 1. The molecule has 0 aromatic heterocycles. The van der Waals surface area contributed by atoms with Crippen molar-refractivity contribution in [2.24, 2.45) is 5.16 Å². The molecule has 202 valence electrons. The third-order valence-electron chi connectivity index (χ3n) is 5.87. The van der Waals surface area contributed by atoms with Crippen molar-refractivity contribution in [1.82, 2.24) is 15.8 Å². The van der Waals surface area contributed by atoms with Crippen LogP contribution < -0.4 is 10.9 Å². The zero-order valence-corrected chi connectivity index (χ0v) is 20.9. The Bertz CT molecular complexity index is 1200. The predicted molar refractivity (Wildman–Crippen MR) is 125 cm³/mol. The van der Waals surface area contributed by atoms with Crippen LogP contribution in [0.25, 0.3) is 0 Å². The second-order valence-corrected chi connectivity index (χ2v) is 10.3. The number of hydrogen-bond donors (Lipinski definition) is 6. The number of rotatable bonds is 8. The van der Waals surface area contributed by atoms with Crippen molar-refractivity contribution in [3.8, 4) is 11.5 Å². The Balaban J connectivity index is 1.56. The molecule has 3 amide bonds. The van der Waals surface area contributed by atoms with Crippen LogP contribution in [0.5, 0.6) is 11.5 Å². The molecule has 15 nitrogen and oxygen atoms in total. The smallest absolute Gasteiger partial charge is 0.426 e. The fraction of sp³-hybridized carbons (Fsp3) is 0.450. The molecule has 2 aliphatic heterocycles. The Morgan fingerprint density at radius 1 is 1.32 bits per heavy atom. The number of carbonyl (C=O) groups is 4. The Hall–Kier alpha value is -3.63. The van der Waals surface area contributed by atoms with Crippen molar-refractivity contribution >= 4 is 52.3 Å². The van der Waals surface area contributed by atoms with Gasteiger partial charge in [-0.3, -0.25) is 15.0 Å². The van der Waals surface area contributed by atoms with E-state index in [0.29, 0.717) is 0 Å². The zero-order chi connectivity index (χ0) is 27.7. The highest BCUT2D eigenvalue weighted by atomic mass is 35.5. The number of aliphatic carboxylic acids is 1. The molecule has 3 rings (SSSR count). The van der Waals surface area contributed by atoms with Crippen LogP contribution in [0.3, 0.4) is 0 Å². The Kier molecular flexibility index (Phi) is 8.14. The average molecular weight is 563 g/mol. The van der Waals surface area contributed by atoms with Crippen LogP contribution in [-0.2, 0) is 35.0 Å². The van der Waals surface area contributed by atoms with Crippen molar-refractivity contribution in [3.63, 3.8) is 0 Å². The summed E-state index contributed by atoms with van der Waals surface area (Å²) in [7, 11) is 0. The minimum absolute atomic E-state index is 0.0695. The fourth-order valence-electron chi connectivity index (χ4n) is 3.78. The first-order valence-corrected chi connectivity index (χ1v) is 12.1. The first-order chi connectivity index (χ1) is 17.3. The second-order valence-electron chi connectivity index (χ2n) is 8.48. The molecule has 37 heavy (non-hydrogen) atoms. The molecule has 17 heteroatoms. The number of hydrogen-bond acceptors (Lipinski definition) is 10. The molecule has 0 bridgehead atoms. The van der Waals surface area contributed by atoms with Crippen molar-refractivity contribution in [2.75, 3.05) is 6.61 Å². The van der Waals surface area contributed by atoms with Gasteiger partial charge in [-0.1, -0.05) is 16.8 Å². The Morgan fingerprint density at radius 2 is 2.00 bits per heavy atom. The van der Waals surface area contributed by atoms with Crippen molar-refractivity contribution < 1.29 is 52.8 Å². The van der Waals surface area contributed by atoms with E-state index in [4.69, 9.17) is 21.2 Å². The van der Waals surface area contributed by atoms with E-state index < -0.39 is 76.0 Å². The predicted octanol–water partition coefficient (Wildman–Crippen LogP) is 0.0560. The number of phenolic OH excluding ortho intramolecular Hbond substituents is 2. The third-order valence-corrected chi connectivity index (χ3v) is 7.39. The monoisotopic (exact) mass is 562 g/mol. The molecule has 5 atom stereocenters. The Morgan fingerprint density at radius 3 is 2.57 bits per heavy atom. The lowest BCUT2D eigenvalue weighted by Crippen LogP contribution is -2.68. The molecule has 0 saturated carbocycles. The van der Waals surface area contributed by atoms with E-state index in [9.17, 15) is 43.3 Å². The number of nitrogens with one attached hydrogen (secondary N) is 2. The van der Waals surface area contributed by atoms with Crippen LogP contribution >= 0.6 is 11.6 Å². The number of carbonyl (C=O) groups excluding carboxylic acids is 3. The summed E-state index contributed by atoms with van der Waals surface area (Å²) in [5.41, 5.74) is 4.29. The highest BCUT2D eigenvalue weighted by Crippen LogP contribution is 2.37. The lowest BCUT2D eigenvalue weighted by Gasteiger charge is -2.47. The molecule has 2 aliphatic rings. The summed E-state index contributed by atoms with van der Waals surface area (Å²) < 4.78 is 24.6. The molecule has 1 saturated heterocycles. The quantitative estimate of drug-likeness (QED) is 0.107. The van der Waals surface area contributed by atoms with Gasteiger partial charge in [-0.15, -0.1) is 0 Å². The molecule has 1 aromatic rings. The van der Waals surface area contributed by atoms with Crippen molar-refractivity contribution in [2.45, 2.75) is 49.6 Å². The SMILES string of the molecule is C[C@@H]1CC(=O)N1[C@@H](C(=O)O)[C@](C)(COC(=O)NNC(=O)C1CC(c2ccc(O)c(O)c2Cl)=NO1)S(=O)O. The number of ether oxygens (including phenoxy) is 1. The summed E-state index contributed by atoms with van der Waals surface area (Å²) in [4.78, 5) is 54.2. The van der Waals surface area contributed by atoms with Crippen molar-refractivity contribution in [1.29, 1.82) is 0 Å². The van der Waals surface area contributed by atoms with Gasteiger partial charge in [-0.05, 0) is 26.0 Å². The fourth-order valence-corrected chi connectivity index (χ4v) is 4.61. The number of amides is 3. The molecule has 2 heterocycles. The molecular weight excluding hydrogens is 540 g/mol. The normalized spacial score (nSPS) is 22.0. The molecular formula is C20H23ClN4O11S. The van der Waals surface area contributed by atoms with Gasteiger partial charge in [0.25, 0.3) is 5.91 Å². The topological polar surface area (TPSA) is 224 Å². The third kappa shape index (κ3) is 5.55. The van der Waals surface area contributed by atoms with Crippen LogP contribution in [-0.4, -0.2) is 88.1 Å². The molecule has 1 aromatic carbocycles. The molecule has 2 unspecified atom stereocenters.